The molecule has 6 heteroatoms. The van der Waals surface area contributed by atoms with E-state index in [1.165, 1.54) is 0 Å². The number of ether oxygens (including phenoxy) is 1. The molecule has 1 aliphatic rings. The fourth-order valence-electron chi connectivity index (χ4n) is 3.36. The molecule has 6 nitrogen and oxygen atoms in total. The van der Waals surface area contributed by atoms with Crippen LogP contribution in [0.15, 0.2) is 24.3 Å². The Bertz CT molecular complexity index is 944. The van der Waals surface area contributed by atoms with E-state index in [-0.39, 0.29) is 5.78 Å². The van der Waals surface area contributed by atoms with Crippen molar-refractivity contribution in [3.8, 4) is 16.9 Å². The van der Waals surface area contributed by atoms with Crippen LogP contribution in [0.2, 0.25) is 0 Å². The van der Waals surface area contributed by atoms with Gasteiger partial charge in [-0.05, 0) is 37.0 Å². The maximum Gasteiger partial charge on any atom is 0.185 e. The van der Waals surface area contributed by atoms with E-state index < -0.39 is 0 Å². The molecule has 0 bridgehead atoms. The predicted octanol–water partition coefficient (Wildman–Crippen LogP) is 2.87. The Balaban J connectivity index is 1.93. The minimum atomic E-state index is 0.0531. The monoisotopic (exact) mass is 322 g/mol. The molecule has 3 aromatic rings. The second-order valence-corrected chi connectivity index (χ2v) is 6.36. The maximum absolute atomic E-state index is 12.2. The molecule has 0 spiro atoms. The molecule has 0 radical (unpaired) electrons. The van der Waals surface area contributed by atoms with Crippen LogP contribution in [-0.4, -0.2) is 32.7 Å². The van der Waals surface area contributed by atoms with Crippen molar-refractivity contribution in [2.24, 2.45) is 5.92 Å². The minimum absolute atomic E-state index is 0.0531. The molecule has 1 atom stereocenters. The molecule has 0 fully saturated rings. The zero-order valence-electron chi connectivity index (χ0n) is 13.9. The van der Waals surface area contributed by atoms with Gasteiger partial charge in [0.1, 0.15) is 5.75 Å². The zero-order chi connectivity index (χ0) is 16.8. The highest BCUT2D eigenvalue weighted by atomic mass is 16.5. The Kier molecular flexibility index (Phi) is 3.33. The number of ketones is 1. The van der Waals surface area contributed by atoms with Crippen LogP contribution in [0.5, 0.6) is 5.75 Å². The second kappa shape index (κ2) is 5.40. The first-order valence-electron chi connectivity index (χ1n) is 8.01. The van der Waals surface area contributed by atoms with Gasteiger partial charge in [0.25, 0.3) is 0 Å². The molecule has 0 saturated heterocycles. The number of nitrogens with zero attached hydrogens (tertiary/aromatic N) is 4. The first-order valence-corrected chi connectivity index (χ1v) is 8.01. The first-order chi connectivity index (χ1) is 11.6. The van der Waals surface area contributed by atoms with Crippen LogP contribution >= 0.6 is 0 Å². The Morgan fingerprint density at radius 3 is 2.62 bits per heavy atom. The van der Waals surface area contributed by atoms with E-state index in [4.69, 9.17) is 4.74 Å². The topological polar surface area (TPSA) is 69.4 Å². The lowest BCUT2D eigenvalue weighted by molar-refractivity contribution is 0.0944. The molecule has 2 aromatic heterocycles. The number of methoxy groups -OCH3 is 1. The van der Waals surface area contributed by atoms with E-state index >= 15 is 0 Å². The highest BCUT2D eigenvalue weighted by molar-refractivity contribution is 5.96. The van der Waals surface area contributed by atoms with E-state index in [2.05, 4.69) is 22.2 Å². The van der Waals surface area contributed by atoms with Gasteiger partial charge in [-0.1, -0.05) is 19.1 Å². The number of fused-ring (bicyclic) bond motifs is 3. The van der Waals surface area contributed by atoms with Crippen molar-refractivity contribution in [2.75, 3.05) is 7.11 Å². The van der Waals surface area contributed by atoms with Crippen molar-refractivity contribution in [2.45, 2.75) is 26.7 Å². The molecule has 0 amide bonds. The zero-order valence-corrected chi connectivity index (χ0v) is 13.9. The molecule has 4 rings (SSSR count). The number of Topliss-reactive ketones (excluding diaryl/α,β-unsaturated/α-hetero) is 1. The summed E-state index contributed by atoms with van der Waals surface area (Å²) in [6, 6.07) is 7.79. The van der Waals surface area contributed by atoms with Crippen LogP contribution in [0.3, 0.4) is 0 Å². The molecule has 0 N–H and O–H groups in total. The summed E-state index contributed by atoms with van der Waals surface area (Å²) in [5.74, 6) is 1.15. The van der Waals surface area contributed by atoms with Crippen LogP contribution in [0.4, 0.5) is 0 Å². The normalized spacial score (nSPS) is 17.1. The van der Waals surface area contributed by atoms with Gasteiger partial charge < -0.3 is 4.74 Å². The summed E-state index contributed by atoms with van der Waals surface area (Å²) in [5, 5.41) is 13.2. The standard InChI is InChI=1S/C18H18N4O2/c1-10-8-14-17(15(23)9-10)19-20-18-16(11(2)21-22(14)18)12-4-6-13(24-3)7-5-12/h4-7,10H,8-9H2,1-3H3/t10-/m1/s1. The summed E-state index contributed by atoms with van der Waals surface area (Å²) in [5.41, 5.74) is 4.84. The molecular formula is C18H18N4O2. The lowest BCUT2D eigenvalue weighted by Gasteiger charge is -2.19. The third kappa shape index (κ3) is 2.18. The van der Waals surface area contributed by atoms with Crippen molar-refractivity contribution in [3.63, 3.8) is 0 Å². The fourth-order valence-corrected chi connectivity index (χ4v) is 3.36. The van der Waals surface area contributed by atoms with Crippen molar-refractivity contribution in [3.05, 3.63) is 41.3 Å². The van der Waals surface area contributed by atoms with Crippen molar-refractivity contribution in [1.82, 2.24) is 19.8 Å². The Labute approximate surface area is 139 Å². The van der Waals surface area contributed by atoms with Gasteiger partial charge >= 0.3 is 0 Å². The highest BCUT2D eigenvalue weighted by Crippen LogP contribution is 2.31. The van der Waals surface area contributed by atoms with Crippen LogP contribution in [0.1, 0.15) is 35.2 Å². The Hall–Kier alpha value is -2.76. The van der Waals surface area contributed by atoms with Gasteiger partial charge in [-0.15, -0.1) is 10.2 Å². The maximum atomic E-state index is 12.2. The average Bonchev–Trinajstić information content (AvgIpc) is 2.91. The highest BCUT2D eigenvalue weighted by Gasteiger charge is 2.28. The van der Waals surface area contributed by atoms with E-state index in [1.807, 2.05) is 31.2 Å². The van der Waals surface area contributed by atoms with E-state index in [0.717, 1.165) is 34.7 Å². The first kappa shape index (κ1) is 14.8. The predicted molar refractivity (Wildman–Crippen MR) is 89.3 cm³/mol. The molecule has 24 heavy (non-hydrogen) atoms. The number of carbonyl (C=O) groups excluding carboxylic acids is 1. The minimum Gasteiger partial charge on any atom is -0.497 e. The van der Waals surface area contributed by atoms with Crippen LogP contribution < -0.4 is 4.74 Å². The van der Waals surface area contributed by atoms with Gasteiger partial charge in [-0.3, -0.25) is 4.79 Å². The molecule has 0 saturated carbocycles. The number of aromatic nitrogens is 4. The van der Waals surface area contributed by atoms with Gasteiger partial charge in [-0.2, -0.15) is 5.10 Å². The van der Waals surface area contributed by atoms with Crippen molar-refractivity contribution < 1.29 is 9.53 Å². The number of carbonyl (C=O) groups is 1. The molecule has 0 unspecified atom stereocenters. The van der Waals surface area contributed by atoms with Crippen molar-refractivity contribution in [1.29, 1.82) is 0 Å². The largest absolute Gasteiger partial charge is 0.497 e. The molecule has 122 valence electrons. The molecule has 1 aromatic carbocycles. The molecular weight excluding hydrogens is 304 g/mol. The average molecular weight is 322 g/mol. The third-order valence-corrected chi connectivity index (χ3v) is 4.53. The summed E-state index contributed by atoms with van der Waals surface area (Å²) in [6.45, 7) is 4.03. The van der Waals surface area contributed by atoms with Crippen LogP contribution in [0.25, 0.3) is 16.8 Å². The second-order valence-electron chi connectivity index (χ2n) is 6.36. The molecule has 1 aliphatic carbocycles. The van der Waals surface area contributed by atoms with E-state index in [9.17, 15) is 4.79 Å². The van der Waals surface area contributed by atoms with Gasteiger partial charge in [0.05, 0.1) is 24.1 Å². The summed E-state index contributed by atoms with van der Waals surface area (Å²) < 4.78 is 7.01. The number of hydrogen-bond donors (Lipinski definition) is 0. The van der Waals surface area contributed by atoms with Gasteiger partial charge in [0.2, 0.25) is 0 Å². The third-order valence-electron chi connectivity index (χ3n) is 4.53. The van der Waals surface area contributed by atoms with Crippen LogP contribution in [-0.2, 0) is 6.42 Å². The Morgan fingerprint density at radius 2 is 1.92 bits per heavy atom. The quantitative estimate of drug-likeness (QED) is 0.725. The van der Waals surface area contributed by atoms with E-state index in [1.54, 1.807) is 11.6 Å². The van der Waals surface area contributed by atoms with E-state index in [0.29, 0.717) is 23.7 Å². The number of hydrogen-bond acceptors (Lipinski definition) is 5. The fraction of sp³-hybridized carbons (Fsp3) is 0.333. The SMILES string of the molecule is COc1ccc(-c2c(C)nn3c4c(nnc23)C(=O)C[C@H](C)C4)cc1. The summed E-state index contributed by atoms with van der Waals surface area (Å²) >= 11 is 0. The summed E-state index contributed by atoms with van der Waals surface area (Å²) in [7, 11) is 1.64. The number of rotatable bonds is 2. The lowest BCUT2D eigenvalue weighted by atomic mass is 9.90. The number of benzene rings is 1. The van der Waals surface area contributed by atoms with Gasteiger partial charge in [0.15, 0.2) is 17.1 Å². The van der Waals surface area contributed by atoms with Gasteiger partial charge in [0, 0.05) is 6.42 Å². The van der Waals surface area contributed by atoms with Crippen molar-refractivity contribution >= 4 is 11.4 Å². The van der Waals surface area contributed by atoms with Crippen LogP contribution in [0, 0.1) is 12.8 Å². The summed E-state index contributed by atoms with van der Waals surface area (Å²) in [6.07, 6.45) is 1.31. The lowest BCUT2D eigenvalue weighted by Crippen LogP contribution is -2.23. The summed E-state index contributed by atoms with van der Waals surface area (Å²) in [4.78, 5) is 12.2. The molecule has 2 heterocycles. The van der Waals surface area contributed by atoms with Gasteiger partial charge in [-0.25, -0.2) is 4.52 Å². The smallest absolute Gasteiger partial charge is 0.185 e. The molecule has 0 aliphatic heterocycles. The number of aryl methyl sites for hydroxylation is 1. The Morgan fingerprint density at radius 1 is 1.17 bits per heavy atom.